The van der Waals surface area contributed by atoms with Crippen molar-refractivity contribution in [3.63, 3.8) is 0 Å². The summed E-state index contributed by atoms with van der Waals surface area (Å²) in [6, 6.07) is 26.8. The van der Waals surface area contributed by atoms with Crippen molar-refractivity contribution < 1.29 is 33.4 Å². The number of benzene rings is 3. The van der Waals surface area contributed by atoms with Crippen molar-refractivity contribution >= 4 is 23.8 Å². The topological polar surface area (TPSA) is 99.2 Å². The van der Waals surface area contributed by atoms with Crippen LogP contribution in [0.2, 0.25) is 0 Å². The van der Waals surface area contributed by atoms with E-state index in [1.165, 1.54) is 11.9 Å². The molecule has 0 aliphatic rings. The fraction of sp³-hybridized carbons (Fsp3) is 0.241. The fourth-order valence-corrected chi connectivity index (χ4v) is 3.31. The lowest BCUT2D eigenvalue weighted by atomic mass is 10.1. The number of carbonyl (C=O) groups is 4. The normalized spacial score (nSPS) is 11.2. The molecular weight excluding hydrogens is 474 g/mol. The average Bonchev–Trinajstić information content (AvgIpc) is 2.94. The van der Waals surface area contributed by atoms with E-state index in [0.29, 0.717) is 5.56 Å². The number of hydrogen-bond acceptors (Lipinski definition) is 7. The van der Waals surface area contributed by atoms with Crippen LogP contribution in [0.25, 0.3) is 0 Å². The number of nitrogens with zero attached hydrogens (tertiary/aromatic N) is 1. The Bertz CT molecular complexity index is 1170. The maximum atomic E-state index is 12.8. The minimum atomic E-state index is -1.17. The molecule has 0 saturated carbocycles. The molecule has 0 aliphatic heterocycles. The maximum absolute atomic E-state index is 12.8. The molecule has 3 rings (SSSR count). The molecule has 0 unspecified atom stereocenters. The van der Waals surface area contributed by atoms with E-state index in [4.69, 9.17) is 14.2 Å². The van der Waals surface area contributed by atoms with Gasteiger partial charge in [-0.15, -0.1) is 0 Å². The van der Waals surface area contributed by atoms with Gasteiger partial charge < -0.3 is 19.1 Å². The standard InChI is InChI=1S/C29H29NO7/c1-30(18-17-27(32)35-21-25(31)24-15-9-4-10-16-24)29(34)37-26(19-22-11-5-2-6-12-22)28(33)36-20-23-13-7-3-8-14-23/h2-16,26H,17-21H2,1H3/t26-/m0/s1. The van der Waals surface area contributed by atoms with Gasteiger partial charge in [0.15, 0.2) is 12.4 Å². The summed E-state index contributed by atoms with van der Waals surface area (Å²) in [6.07, 6.45) is -1.96. The van der Waals surface area contributed by atoms with Gasteiger partial charge >= 0.3 is 18.0 Å². The van der Waals surface area contributed by atoms with Crippen LogP contribution in [-0.2, 0) is 36.8 Å². The number of amides is 1. The molecule has 0 heterocycles. The van der Waals surface area contributed by atoms with Crippen LogP contribution < -0.4 is 0 Å². The van der Waals surface area contributed by atoms with E-state index >= 15 is 0 Å². The molecule has 1 amide bonds. The summed E-state index contributed by atoms with van der Waals surface area (Å²) < 4.78 is 15.9. The van der Waals surface area contributed by atoms with Crippen LogP contribution in [0.3, 0.4) is 0 Å². The molecule has 0 radical (unpaired) electrons. The van der Waals surface area contributed by atoms with Gasteiger partial charge in [0.25, 0.3) is 0 Å². The molecule has 3 aromatic carbocycles. The maximum Gasteiger partial charge on any atom is 0.410 e. The summed E-state index contributed by atoms with van der Waals surface area (Å²) in [5.74, 6) is -1.63. The van der Waals surface area contributed by atoms with Gasteiger partial charge in [0.05, 0.1) is 6.42 Å². The third-order valence-corrected chi connectivity index (χ3v) is 5.42. The Morgan fingerprint density at radius 2 is 1.32 bits per heavy atom. The molecule has 8 nitrogen and oxygen atoms in total. The van der Waals surface area contributed by atoms with Gasteiger partial charge in [-0.3, -0.25) is 9.59 Å². The van der Waals surface area contributed by atoms with Crippen molar-refractivity contribution in [1.29, 1.82) is 0 Å². The average molecular weight is 504 g/mol. The van der Waals surface area contributed by atoms with Crippen molar-refractivity contribution in [3.8, 4) is 0 Å². The van der Waals surface area contributed by atoms with Crippen molar-refractivity contribution in [2.45, 2.75) is 25.6 Å². The van der Waals surface area contributed by atoms with E-state index in [1.54, 1.807) is 30.3 Å². The quantitative estimate of drug-likeness (QED) is 0.207. The highest BCUT2D eigenvalue weighted by Gasteiger charge is 2.27. The van der Waals surface area contributed by atoms with Crippen LogP contribution in [0.5, 0.6) is 0 Å². The van der Waals surface area contributed by atoms with Crippen LogP contribution in [0.4, 0.5) is 4.79 Å². The predicted octanol–water partition coefficient (Wildman–Crippen LogP) is 4.23. The highest BCUT2D eigenvalue weighted by molar-refractivity contribution is 5.97. The Balaban J connectivity index is 1.50. The summed E-state index contributed by atoms with van der Waals surface area (Å²) >= 11 is 0. The van der Waals surface area contributed by atoms with Crippen molar-refractivity contribution in [3.05, 3.63) is 108 Å². The van der Waals surface area contributed by atoms with Crippen LogP contribution >= 0.6 is 0 Å². The number of ketones is 1. The second kappa shape index (κ2) is 14.2. The van der Waals surface area contributed by atoms with E-state index in [-0.39, 0.29) is 38.4 Å². The van der Waals surface area contributed by atoms with Crippen molar-refractivity contribution in [2.75, 3.05) is 20.2 Å². The number of rotatable bonds is 12. The summed E-state index contributed by atoms with van der Waals surface area (Å²) in [5.41, 5.74) is 2.05. The molecule has 192 valence electrons. The van der Waals surface area contributed by atoms with E-state index in [2.05, 4.69) is 0 Å². The highest BCUT2D eigenvalue weighted by Crippen LogP contribution is 2.12. The summed E-state index contributed by atoms with van der Waals surface area (Å²) in [7, 11) is 1.44. The summed E-state index contributed by atoms with van der Waals surface area (Å²) in [4.78, 5) is 50.8. The zero-order chi connectivity index (χ0) is 26.5. The Morgan fingerprint density at radius 3 is 1.95 bits per heavy atom. The second-order valence-electron chi connectivity index (χ2n) is 8.28. The molecule has 37 heavy (non-hydrogen) atoms. The largest absolute Gasteiger partial charge is 0.458 e. The Morgan fingerprint density at radius 1 is 0.757 bits per heavy atom. The molecule has 0 saturated heterocycles. The van der Waals surface area contributed by atoms with E-state index in [0.717, 1.165) is 11.1 Å². The molecule has 3 aromatic rings. The third kappa shape index (κ3) is 9.25. The van der Waals surface area contributed by atoms with Gasteiger partial charge in [0, 0.05) is 25.6 Å². The van der Waals surface area contributed by atoms with E-state index in [1.807, 2.05) is 60.7 Å². The zero-order valence-electron chi connectivity index (χ0n) is 20.6. The first-order valence-corrected chi connectivity index (χ1v) is 11.8. The predicted molar refractivity (Wildman–Crippen MR) is 136 cm³/mol. The Labute approximate surface area is 215 Å². The molecule has 0 fully saturated rings. The molecule has 0 aliphatic carbocycles. The Kier molecular flexibility index (Phi) is 10.4. The molecule has 0 bridgehead atoms. The van der Waals surface area contributed by atoms with Crippen molar-refractivity contribution in [2.24, 2.45) is 0 Å². The summed E-state index contributed by atoms with van der Waals surface area (Å²) in [5, 5.41) is 0. The number of Topliss-reactive ketones (excluding diaryl/α,β-unsaturated/α-hetero) is 1. The number of ether oxygens (including phenoxy) is 3. The third-order valence-electron chi connectivity index (χ3n) is 5.42. The van der Waals surface area contributed by atoms with Gasteiger partial charge in [-0.1, -0.05) is 91.0 Å². The van der Waals surface area contributed by atoms with Gasteiger partial charge in [-0.2, -0.15) is 0 Å². The minimum Gasteiger partial charge on any atom is -0.458 e. The summed E-state index contributed by atoms with van der Waals surface area (Å²) in [6.45, 7) is -0.358. The lowest BCUT2D eigenvalue weighted by Crippen LogP contribution is -2.37. The lowest BCUT2D eigenvalue weighted by molar-refractivity contribution is -0.155. The van der Waals surface area contributed by atoms with Crippen LogP contribution in [0.15, 0.2) is 91.0 Å². The first-order chi connectivity index (χ1) is 17.9. The van der Waals surface area contributed by atoms with Gasteiger partial charge in [-0.05, 0) is 11.1 Å². The first-order valence-electron chi connectivity index (χ1n) is 11.8. The number of esters is 2. The molecule has 0 N–H and O–H groups in total. The molecule has 1 atom stereocenters. The number of hydrogen-bond donors (Lipinski definition) is 0. The monoisotopic (exact) mass is 503 g/mol. The highest BCUT2D eigenvalue weighted by atomic mass is 16.6. The number of carbonyl (C=O) groups excluding carboxylic acids is 4. The zero-order valence-corrected chi connectivity index (χ0v) is 20.6. The van der Waals surface area contributed by atoms with Gasteiger partial charge in [0.1, 0.15) is 6.61 Å². The first kappa shape index (κ1) is 27.1. The van der Waals surface area contributed by atoms with E-state index < -0.39 is 24.1 Å². The fourth-order valence-electron chi connectivity index (χ4n) is 3.31. The van der Waals surface area contributed by atoms with Crippen molar-refractivity contribution in [1.82, 2.24) is 4.90 Å². The minimum absolute atomic E-state index is 0.0195. The van der Waals surface area contributed by atoms with Crippen LogP contribution in [-0.4, -0.2) is 55.0 Å². The molecule has 8 heteroatoms. The van der Waals surface area contributed by atoms with Crippen LogP contribution in [0, 0.1) is 0 Å². The lowest BCUT2D eigenvalue weighted by Gasteiger charge is -2.22. The smallest absolute Gasteiger partial charge is 0.410 e. The molecule has 0 spiro atoms. The van der Waals surface area contributed by atoms with Crippen LogP contribution in [0.1, 0.15) is 27.9 Å². The molecular formula is C29H29NO7. The Hall–Kier alpha value is -4.46. The molecule has 0 aromatic heterocycles. The van der Waals surface area contributed by atoms with Gasteiger partial charge in [0.2, 0.25) is 6.10 Å². The van der Waals surface area contributed by atoms with Gasteiger partial charge in [-0.25, -0.2) is 9.59 Å². The second-order valence-corrected chi connectivity index (χ2v) is 8.28. The van der Waals surface area contributed by atoms with E-state index in [9.17, 15) is 19.2 Å². The SMILES string of the molecule is CN(CCC(=O)OCC(=O)c1ccccc1)C(=O)O[C@@H](Cc1ccccc1)C(=O)OCc1ccccc1.